The summed E-state index contributed by atoms with van der Waals surface area (Å²) in [5, 5.41) is 4.38. The third-order valence-electron chi connectivity index (χ3n) is 3.32. The van der Waals surface area contributed by atoms with Crippen LogP contribution in [-0.2, 0) is 6.42 Å². The standard InChI is InChI=1S/C11H20N4S/c1-2-10-14-11(16-15-10)13-9(7-12)8-5-3-4-6-8/h8-9H,2-7,12H2,1H3,(H,13,14,15). The van der Waals surface area contributed by atoms with E-state index in [0.717, 1.165) is 23.3 Å². The summed E-state index contributed by atoms with van der Waals surface area (Å²) in [5.41, 5.74) is 5.83. The van der Waals surface area contributed by atoms with Gasteiger partial charge in [-0.05, 0) is 18.8 Å². The molecule has 1 aromatic rings. The lowest BCUT2D eigenvalue weighted by Crippen LogP contribution is -2.35. The van der Waals surface area contributed by atoms with E-state index in [1.807, 2.05) is 0 Å². The SMILES string of the molecule is CCc1nsc(NC(CN)C2CCCC2)n1. The molecule has 5 heteroatoms. The van der Waals surface area contributed by atoms with Gasteiger partial charge in [0.05, 0.1) is 0 Å². The van der Waals surface area contributed by atoms with Crippen LogP contribution in [0.2, 0.25) is 0 Å². The van der Waals surface area contributed by atoms with Crippen molar-refractivity contribution in [2.24, 2.45) is 11.7 Å². The predicted octanol–water partition coefficient (Wildman–Crippen LogP) is 2.03. The van der Waals surface area contributed by atoms with Crippen molar-refractivity contribution in [3.8, 4) is 0 Å². The third-order valence-corrected chi connectivity index (χ3v) is 4.00. The van der Waals surface area contributed by atoms with Crippen LogP contribution in [0.3, 0.4) is 0 Å². The zero-order chi connectivity index (χ0) is 11.4. The molecule has 2 rings (SSSR count). The zero-order valence-corrected chi connectivity index (χ0v) is 10.6. The molecule has 1 aliphatic rings. The van der Waals surface area contributed by atoms with Crippen molar-refractivity contribution in [1.29, 1.82) is 0 Å². The molecule has 0 amide bonds. The van der Waals surface area contributed by atoms with Crippen LogP contribution in [0.5, 0.6) is 0 Å². The Morgan fingerprint density at radius 3 is 2.81 bits per heavy atom. The minimum Gasteiger partial charge on any atom is -0.356 e. The van der Waals surface area contributed by atoms with Crippen molar-refractivity contribution in [3.63, 3.8) is 0 Å². The molecule has 16 heavy (non-hydrogen) atoms. The molecule has 90 valence electrons. The molecule has 0 aromatic carbocycles. The molecule has 0 bridgehead atoms. The van der Waals surface area contributed by atoms with Gasteiger partial charge in [-0.1, -0.05) is 19.8 Å². The number of nitrogens with two attached hydrogens (primary N) is 1. The zero-order valence-electron chi connectivity index (χ0n) is 9.78. The van der Waals surface area contributed by atoms with Crippen LogP contribution in [0.25, 0.3) is 0 Å². The van der Waals surface area contributed by atoms with Crippen molar-refractivity contribution in [2.75, 3.05) is 11.9 Å². The van der Waals surface area contributed by atoms with Crippen molar-refractivity contribution in [1.82, 2.24) is 9.36 Å². The molecular formula is C11H20N4S. The smallest absolute Gasteiger partial charge is 0.202 e. The summed E-state index contributed by atoms with van der Waals surface area (Å²) < 4.78 is 4.28. The van der Waals surface area contributed by atoms with Crippen molar-refractivity contribution >= 4 is 16.7 Å². The Balaban J connectivity index is 1.94. The molecule has 1 aliphatic carbocycles. The van der Waals surface area contributed by atoms with Crippen LogP contribution >= 0.6 is 11.5 Å². The lowest BCUT2D eigenvalue weighted by molar-refractivity contribution is 0.462. The number of aryl methyl sites for hydroxylation is 1. The summed E-state index contributed by atoms with van der Waals surface area (Å²) in [5.74, 6) is 1.65. The second kappa shape index (κ2) is 5.59. The maximum atomic E-state index is 5.83. The number of aromatic nitrogens is 2. The molecule has 0 spiro atoms. The monoisotopic (exact) mass is 240 g/mol. The van der Waals surface area contributed by atoms with Gasteiger partial charge in [-0.2, -0.15) is 4.37 Å². The van der Waals surface area contributed by atoms with Crippen molar-refractivity contribution in [2.45, 2.75) is 45.1 Å². The van der Waals surface area contributed by atoms with Crippen LogP contribution in [0.4, 0.5) is 5.13 Å². The molecule has 1 atom stereocenters. The molecule has 0 radical (unpaired) electrons. The fourth-order valence-electron chi connectivity index (χ4n) is 2.34. The Hall–Kier alpha value is -0.680. The molecule has 1 heterocycles. The van der Waals surface area contributed by atoms with Crippen LogP contribution in [0, 0.1) is 5.92 Å². The highest BCUT2D eigenvalue weighted by Gasteiger charge is 2.24. The first-order valence-electron chi connectivity index (χ1n) is 6.12. The molecule has 4 nitrogen and oxygen atoms in total. The van der Waals surface area contributed by atoms with Gasteiger partial charge in [-0.15, -0.1) is 0 Å². The van der Waals surface area contributed by atoms with Gasteiger partial charge in [0.15, 0.2) is 0 Å². The predicted molar refractivity (Wildman–Crippen MR) is 67.7 cm³/mol. The second-order valence-electron chi connectivity index (χ2n) is 4.40. The average Bonchev–Trinajstić information content (AvgIpc) is 2.96. The Morgan fingerprint density at radius 1 is 1.50 bits per heavy atom. The first-order chi connectivity index (χ1) is 7.83. The lowest BCUT2D eigenvalue weighted by atomic mass is 9.98. The van der Waals surface area contributed by atoms with Gasteiger partial charge in [0.25, 0.3) is 0 Å². The van der Waals surface area contributed by atoms with E-state index in [9.17, 15) is 0 Å². The van der Waals surface area contributed by atoms with E-state index in [-0.39, 0.29) is 0 Å². The van der Waals surface area contributed by atoms with E-state index in [0.29, 0.717) is 12.6 Å². The number of anilines is 1. The van der Waals surface area contributed by atoms with Gasteiger partial charge in [-0.25, -0.2) is 4.98 Å². The number of hydrogen-bond donors (Lipinski definition) is 2. The minimum absolute atomic E-state index is 0.375. The highest BCUT2D eigenvalue weighted by atomic mass is 32.1. The Morgan fingerprint density at radius 2 is 2.25 bits per heavy atom. The third kappa shape index (κ3) is 2.71. The summed E-state index contributed by atoms with van der Waals surface area (Å²) in [7, 11) is 0. The van der Waals surface area contributed by atoms with E-state index < -0.39 is 0 Å². The summed E-state index contributed by atoms with van der Waals surface area (Å²) in [6.45, 7) is 2.76. The first kappa shape index (κ1) is 11.8. The molecule has 3 N–H and O–H groups in total. The Bertz CT molecular complexity index is 320. The summed E-state index contributed by atoms with van der Waals surface area (Å²) >= 11 is 1.45. The highest BCUT2D eigenvalue weighted by molar-refractivity contribution is 7.09. The van der Waals surface area contributed by atoms with Crippen molar-refractivity contribution in [3.05, 3.63) is 5.82 Å². The van der Waals surface area contributed by atoms with Gasteiger partial charge in [0.1, 0.15) is 5.82 Å². The van der Waals surface area contributed by atoms with Gasteiger partial charge < -0.3 is 11.1 Å². The molecule has 1 unspecified atom stereocenters. The quantitative estimate of drug-likeness (QED) is 0.826. The van der Waals surface area contributed by atoms with Crippen molar-refractivity contribution < 1.29 is 0 Å². The molecule has 0 aliphatic heterocycles. The molecule has 1 saturated carbocycles. The summed E-state index contributed by atoms with van der Waals surface area (Å²) in [4.78, 5) is 4.43. The number of hydrogen-bond acceptors (Lipinski definition) is 5. The maximum absolute atomic E-state index is 5.83. The van der Waals surface area contributed by atoms with E-state index >= 15 is 0 Å². The normalized spacial score (nSPS) is 18.9. The topological polar surface area (TPSA) is 63.8 Å². The Kier molecular flexibility index (Phi) is 4.12. The van der Waals surface area contributed by atoms with Gasteiger partial charge in [0.2, 0.25) is 5.13 Å². The van der Waals surface area contributed by atoms with E-state index in [1.165, 1.54) is 37.2 Å². The van der Waals surface area contributed by atoms with E-state index in [2.05, 4.69) is 21.6 Å². The molecule has 0 saturated heterocycles. The second-order valence-corrected chi connectivity index (χ2v) is 5.15. The number of rotatable bonds is 5. The van der Waals surface area contributed by atoms with Crippen LogP contribution in [0.15, 0.2) is 0 Å². The van der Waals surface area contributed by atoms with Gasteiger partial charge in [0, 0.05) is 30.5 Å². The average molecular weight is 240 g/mol. The van der Waals surface area contributed by atoms with Crippen LogP contribution in [0.1, 0.15) is 38.4 Å². The van der Waals surface area contributed by atoms with Crippen LogP contribution < -0.4 is 11.1 Å². The van der Waals surface area contributed by atoms with Gasteiger partial charge >= 0.3 is 0 Å². The first-order valence-corrected chi connectivity index (χ1v) is 6.90. The minimum atomic E-state index is 0.375. The Labute approximate surface area is 101 Å². The number of nitrogens with zero attached hydrogens (tertiary/aromatic N) is 2. The van der Waals surface area contributed by atoms with Crippen LogP contribution in [-0.4, -0.2) is 21.9 Å². The fourth-order valence-corrected chi connectivity index (χ4v) is 3.06. The summed E-state index contributed by atoms with van der Waals surface area (Å²) in [6, 6.07) is 0.375. The van der Waals surface area contributed by atoms with E-state index in [4.69, 9.17) is 5.73 Å². The number of nitrogens with one attached hydrogen (secondary N) is 1. The molecular weight excluding hydrogens is 220 g/mol. The highest BCUT2D eigenvalue weighted by Crippen LogP contribution is 2.29. The summed E-state index contributed by atoms with van der Waals surface area (Å²) in [6.07, 6.45) is 6.19. The van der Waals surface area contributed by atoms with Gasteiger partial charge in [-0.3, -0.25) is 0 Å². The lowest BCUT2D eigenvalue weighted by Gasteiger charge is -2.22. The maximum Gasteiger partial charge on any atom is 0.202 e. The van der Waals surface area contributed by atoms with E-state index in [1.54, 1.807) is 0 Å². The fraction of sp³-hybridized carbons (Fsp3) is 0.818. The molecule has 1 aromatic heterocycles. The molecule has 1 fully saturated rings. The largest absolute Gasteiger partial charge is 0.356 e.